The summed E-state index contributed by atoms with van der Waals surface area (Å²) < 4.78 is 14.6. The lowest BCUT2D eigenvalue weighted by Gasteiger charge is -2.11. The van der Waals surface area contributed by atoms with Gasteiger partial charge in [0.15, 0.2) is 0 Å². The summed E-state index contributed by atoms with van der Waals surface area (Å²) in [6, 6.07) is 14.7. The summed E-state index contributed by atoms with van der Waals surface area (Å²) in [5.74, 6) is -0.319. The highest BCUT2D eigenvalue weighted by Gasteiger charge is 2.16. The molecule has 1 saturated heterocycles. The molecule has 6 heteroatoms. The predicted molar refractivity (Wildman–Crippen MR) is 96.8 cm³/mol. The Morgan fingerprint density at radius 3 is 2.62 bits per heavy atom. The van der Waals surface area contributed by atoms with Gasteiger partial charge in [-0.3, -0.25) is 0 Å². The average Bonchev–Trinajstić information content (AvgIpc) is 3.34. The number of hydrogen-bond acceptors (Lipinski definition) is 4. The topological polar surface area (TPSA) is 63.0 Å². The van der Waals surface area contributed by atoms with Crippen LogP contribution in [0.4, 0.5) is 4.39 Å². The molecule has 1 aliphatic rings. The smallest absolute Gasteiger partial charge is 0.123 e. The van der Waals surface area contributed by atoms with Crippen molar-refractivity contribution in [2.45, 2.75) is 31.5 Å². The van der Waals surface area contributed by atoms with Gasteiger partial charge in [-0.15, -0.1) is 5.10 Å². The summed E-state index contributed by atoms with van der Waals surface area (Å²) in [6.45, 7) is 1.35. The fourth-order valence-electron chi connectivity index (χ4n) is 3.34. The number of aliphatic hydroxyl groups excluding tert-OH is 1. The van der Waals surface area contributed by atoms with E-state index in [9.17, 15) is 9.50 Å². The van der Waals surface area contributed by atoms with Crippen molar-refractivity contribution in [3.05, 3.63) is 71.7 Å². The molecule has 2 heterocycles. The molecular weight excluding hydrogens is 331 g/mol. The molecule has 1 unspecified atom stereocenters. The van der Waals surface area contributed by atoms with Crippen LogP contribution in [0.5, 0.6) is 0 Å². The van der Waals surface area contributed by atoms with Crippen molar-refractivity contribution >= 4 is 0 Å². The van der Waals surface area contributed by atoms with Gasteiger partial charge < -0.3 is 10.4 Å². The standard InChI is InChI=1S/C20H21FN4O/c21-17-9-7-16(8-10-17)20(26)13-25-12-19(23-24-25)15-5-3-14(4-6-15)18-2-1-11-22-18/h3-10,12,18,20,22,26H,1-2,11,13H2/t18?,20-/m0/s1. The molecule has 2 atom stereocenters. The van der Waals surface area contributed by atoms with Crippen LogP contribution in [-0.4, -0.2) is 26.6 Å². The van der Waals surface area contributed by atoms with Gasteiger partial charge in [-0.05, 0) is 42.6 Å². The number of nitrogens with zero attached hydrogens (tertiary/aromatic N) is 3. The Labute approximate surface area is 151 Å². The van der Waals surface area contributed by atoms with Crippen molar-refractivity contribution in [3.8, 4) is 11.3 Å². The van der Waals surface area contributed by atoms with E-state index in [0.29, 0.717) is 11.6 Å². The van der Waals surface area contributed by atoms with E-state index in [2.05, 4.69) is 39.9 Å². The van der Waals surface area contributed by atoms with E-state index >= 15 is 0 Å². The molecule has 26 heavy (non-hydrogen) atoms. The third kappa shape index (κ3) is 3.66. The van der Waals surface area contributed by atoms with E-state index in [1.807, 2.05) is 6.20 Å². The summed E-state index contributed by atoms with van der Waals surface area (Å²) in [5.41, 5.74) is 3.71. The lowest BCUT2D eigenvalue weighted by Crippen LogP contribution is -2.12. The Hall–Kier alpha value is -2.57. The van der Waals surface area contributed by atoms with Crippen molar-refractivity contribution in [2.75, 3.05) is 6.54 Å². The predicted octanol–water partition coefficient (Wildman–Crippen LogP) is 3.24. The van der Waals surface area contributed by atoms with Gasteiger partial charge in [0.1, 0.15) is 11.5 Å². The van der Waals surface area contributed by atoms with Crippen LogP contribution < -0.4 is 5.32 Å². The van der Waals surface area contributed by atoms with E-state index < -0.39 is 6.10 Å². The molecule has 1 aliphatic heterocycles. The molecule has 4 rings (SSSR count). The third-order valence-electron chi connectivity index (χ3n) is 4.82. The zero-order valence-electron chi connectivity index (χ0n) is 14.3. The first-order valence-electron chi connectivity index (χ1n) is 8.86. The van der Waals surface area contributed by atoms with Crippen LogP contribution in [0.2, 0.25) is 0 Å². The monoisotopic (exact) mass is 352 g/mol. The molecule has 5 nitrogen and oxygen atoms in total. The summed E-state index contributed by atoms with van der Waals surface area (Å²) in [4.78, 5) is 0. The van der Waals surface area contributed by atoms with E-state index in [4.69, 9.17) is 0 Å². The number of aromatic nitrogens is 3. The zero-order valence-corrected chi connectivity index (χ0v) is 14.3. The molecular formula is C20H21FN4O. The molecule has 134 valence electrons. The maximum atomic E-state index is 13.0. The van der Waals surface area contributed by atoms with Crippen molar-refractivity contribution < 1.29 is 9.50 Å². The highest BCUT2D eigenvalue weighted by molar-refractivity contribution is 5.58. The largest absolute Gasteiger partial charge is 0.386 e. The SMILES string of the molecule is O[C@@H](Cn1cc(-c2ccc(C3CCCN3)cc2)nn1)c1ccc(F)cc1. The van der Waals surface area contributed by atoms with Gasteiger partial charge in [-0.25, -0.2) is 9.07 Å². The molecule has 0 amide bonds. The van der Waals surface area contributed by atoms with E-state index in [1.165, 1.54) is 30.5 Å². The summed E-state index contributed by atoms with van der Waals surface area (Å²) in [5, 5.41) is 22.1. The lowest BCUT2D eigenvalue weighted by atomic mass is 10.0. The summed E-state index contributed by atoms with van der Waals surface area (Å²) in [6.07, 6.45) is 3.45. The Balaban J connectivity index is 1.44. The van der Waals surface area contributed by atoms with Crippen molar-refractivity contribution in [1.82, 2.24) is 20.3 Å². The quantitative estimate of drug-likeness (QED) is 0.740. The summed E-state index contributed by atoms with van der Waals surface area (Å²) in [7, 11) is 0. The lowest BCUT2D eigenvalue weighted by molar-refractivity contribution is 0.150. The number of nitrogens with one attached hydrogen (secondary N) is 1. The van der Waals surface area contributed by atoms with Crippen molar-refractivity contribution in [2.24, 2.45) is 0 Å². The molecule has 0 saturated carbocycles. The molecule has 3 aromatic rings. The van der Waals surface area contributed by atoms with Gasteiger partial charge in [0.2, 0.25) is 0 Å². The van der Waals surface area contributed by atoms with E-state index in [0.717, 1.165) is 17.8 Å². The van der Waals surface area contributed by atoms with Crippen LogP contribution in [0.25, 0.3) is 11.3 Å². The van der Waals surface area contributed by atoms with Crippen LogP contribution in [0.15, 0.2) is 54.7 Å². The molecule has 2 aromatic carbocycles. The number of rotatable bonds is 5. The van der Waals surface area contributed by atoms with Crippen LogP contribution in [0.1, 0.15) is 36.1 Å². The van der Waals surface area contributed by atoms with Crippen LogP contribution in [0.3, 0.4) is 0 Å². The fourth-order valence-corrected chi connectivity index (χ4v) is 3.34. The highest BCUT2D eigenvalue weighted by Crippen LogP contribution is 2.25. The second-order valence-corrected chi connectivity index (χ2v) is 6.66. The van der Waals surface area contributed by atoms with Gasteiger partial charge in [0.05, 0.1) is 18.8 Å². The molecule has 1 fully saturated rings. The average molecular weight is 352 g/mol. The van der Waals surface area contributed by atoms with E-state index in [-0.39, 0.29) is 12.4 Å². The number of benzene rings is 2. The van der Waals surface area contributed by atoms with Gasteiger partial charge in [0, 0.05) is 11.6 Å². The molecule has 0 radical (unpaired) electrons. The molecule has 0 bridgehead atoms. The minimum absolute atomic E-state index is 0.267. The van der Waals surface area contributed by atoms with Crippen molar-refractivity contribution in [3.63, 3.8) is 0 Å². The maximum absolute atomic E-state index is 13.0. The molecule has 0 spiro atoms. The number of hydrogen-bond donors (Lipinski definition) is 2. The first-order valence-corrected chi connectivity index (χ1v) is 8.86. The first-order chi connectivity index (χ1) is 12.7. The van der Waals surface area contributed by atoms with Crippen LogP contribution in [-0.2, 0) is 6.54 Å². The molecule has 0 aliphatic carbocycles. The highest BCUT2D eigenvalue weighted by atomic mass is 19.1. The van der Waals surface area contributed by atoms with E-state index in [1.54, 1.807) is 16.8 Å². The van der Waals surface area contributed by atoms with Gasteiger partial charge in [-0.1, -0.05) is 41.6 Å². The number of halogens is 1. The van der Waals surface area contributed by atoms with Crippen molar-refractivity contribution in [1.29, 1.82) is 0 Å². The minimum atomic E-state index is -0.763. The zero-order chi connectivity index (χ0) is 17.9. The Kier molecular flexibility index (Phi) is 4.77. The Morgan fingerprint density at radius 1 is 1.15 bits per heavy atom. The number of aliphatic hydroxyl groups is 1. The first kappa shape index (κ1) is 16.9. The second kappa shape index (κ2) is 7.35. The minimum Gasteiger partial charge on any atom is -0.386 e. The molecule has 2 N–H and O–H groups in total. The van der Waals surface area contributed by atoms with Crippen LogP contribution >= 0.6 is 0 Å². The fraction of sp³-hybridized carbons (Fsp3) is 0.300. The Morgan fingerprint density at radius 2 is 1.92 bits per heavy atom. The van der Waals surface area contributed by atoms with Crippen LogP contribution in [0, 0.1) is 5.82 Å². The van der Waals surface area contributed by atoms with Gasteiger partial charge in [0.25, 0.3) is 0 Å². The molecule has 1 aromatic heterocycles. The van der Waals surface area contributed by atoms with Gasteiger partial charge >= 0.3 is 0 Å². The normalized spacial score (nSPS) is 18.2. The van der Waals surface area contributed by atoms with Gasteiger partial charge in [-0.2, -0.15) is 0 Å². The summed E-state index contributed by atoms with van der Waals surface area (Å²) >= 11 is 0. The Bertz CT molecular complexity index is 854. The third-order valence-corrected chi connectivity index (χ3v) is 4.82. The second-order valence-electron chi connectivity index (χ2n) is 6.66. The maximum Gasteiger partial charge on any atom is 0.123 e.